The van der Waals surface area contributed by atoms with Gasteiger partial charge in [0.05, 0.1) is 11.5 Å². The summed E-state index contributed by atoms with van der Waals surface area (Å²) in [4.78, 5) is 38.8. The fourth-order valence-electron chi connectivity index (χ4n) is 3.39. The molecular formula is C23H26N4O4. The molecule has 0 saturated carbocycles. The highest BCUT2D eigenvalue weighted by Gasteiger charge is 2.21. The summed E-state index contributed by atoms with van der Waals surface area (Å²) in [6.07, 6.45) is 3.13. The Balaban J connectivity index is 1.46. The van der Waals surface area contributed by atoms with Crippen LogP contribution in [0.4, 0.5) is 11.4 Å². The first-order chi connectivity index (χ1) is 14.8. The number of hydrogen-bond donors (Lipinski definition) is 1. The number of anilines is 1. The lowest BCUT2D eigenvalue weighted by Crippen LogP contribution is -2.50. The summed E-state index contributed by atoms with van der Waals surface area (Å²) in [6, 6.07) is 11.9. The Labute approximate surface area is 181 Å². The average Bonchev–Trinajstić information content (AvgIpc) is 2.76. The van der Waals surface area contributed by atoms with Crippen molar-refractivity contribution in [2.75, 3.05) is 38.0 Å². The summed E-state index contributed by atoms with van der Waals surface area (Å²) < 4.78 is 0. The van der Waals surface area contributed by atoms with Gasteiger partial charge in [-0.15, -0.1) is 0 Å². The molecular weight excluding hydrogens is 396 g/mol. The normalized spacial score (nSPS) is 14.6. The molecule has 8 heteroatoms. The minimum absolute atomic E-state index is 0.0150. The van der Waals surface area contributed by atoms with E-state index in [2.05, 4.69) is 5.32 Å². The summed E-state index contributed by atoms with van der Waals surface area (Å²) >= 11 is 0. The second-order valence-electron chi connectivity index (χ2n) is 7.58. The standard InChI is InChI=1S/C23H26N4O4/c1-17-4-3-5-21(18(17)2)24-22(28)16-25-12-14-26(15-13-25)23(29)11-8-19-6-9-20(10-7-19)27(30)31/h3-11H,12-16H2,1-2H3,(H,24,28)/b11-8+. The Bertz CT molecular complexity index is 993. The first kappa shape index (κ1) is 22.2. The third-order valence-corrected chi connectivity index (χ3v) is 5.45. The number of nitrogens with one attached hydrogen (secondary N) is 1. The number of rotatable bonds is 6. The predicted molar refractivity (Wildman–Crippen MR) is 120 cm³/mol. The quantitative estimate of drug-likeness (QED) is 0.439. The van der Waals surface area contributed by atoms with Crippen molar-refractivity contribution in [2.24, 2.45) is 0 Å². The molecule has 2 amide bonds. The van der Waals surface area contributed by atoms with Crippen molar-refractivity contribution < 1.29 is 14.5 Å². The van der Waals surface area contributed by atoms with Crippen LogP contribution in [0.2, 0.25) is 0 Å². The monoisotopic (exact) mass is 422 g/mol. The third-order valence-electron chi connectivity index (χ3n) is 5.45. The number of nitrogens with zero attached hydrogens (tertiary/aromatic N) is 3. The fourth-order valence-corrected chi connectivity index (χ4v) is 3.39. The van der Waals surface area contributed by atoms with E-state index in [1.165, 1.54) is 18.2 Å². The molecule has 0 atom stereocenters. The van der Waals surface area contributed by atoms with Gasteiger partial charge in [-0.25, -0.2) is 0 Å². The van der Waals surface area contributed by atoms with Gasteiger partial charge in [-0.2, -0.15) is 0 Å². The van der Waals surface area contributed by atoms with Crippen LogP contribution in [0.5, 0.6) is 0 Å². The molecule has 1 fully saturated rings. The van der Waals surface area contributed by atoms with Gasteiger partial charge in [-0.05, 0) is 54.8 Å². The van der Waals surface area contributed by atoms with Crippen molar-refractivity contribution >= 4 is 29.3 Å². The number of carbonyl (C=O) groups excluding carboxylic acids is 2. The Kier molecular flexibility index (Phi) is 7.15. The smallest absolute Gasteiger partial charge is 0.269 e. The van der Waals surface area contributed by atoms with Gasteiger partial charge in [-0.3, -0.25) is 24.6 Å². The lowest BCUT2D eigenvalue weighted by molar-refractivity contribution is -0.384. The molecule has 1 aliphatic heterocycles. The maximum atomic E-state index is 12.4. The first-order valence-electron chi connectivity index (χ1n) is 10.1. The molecule has 2 aromatic rings. The average molecular weight is 422 g/mol. The van der Waals surface area contributed by atoms with Crippen molar-refractivity contribution in [1.29, 1.82) is 0 Å². The molecule has 1 heterocycles. The van der Waals surface area contributed by atoms with Crippen LogP contribution in [0.1, 0.15) is 16.7 Å². The molecule has 3 rings (SSSR count). The Morgan fingerprint density at radius 3 is 2.39 bits per heavy atom. The molecule has 0 bridgehead atoms. The maximum absolute atomic E-state index is 12.4. The topological polar surface area (TPSA) is 95.8 Å². The number of hydrogen-bond acceptors (Lipinski definition) is 5. The highest BCUT2D eigenvalue weighted by atomic mass is 16.6. The van der Waals surface area contributed by atoms with Crippen LogP contribution in [0.25, 0.3) is 6.08 Å². The minimum Gasteiger partial charge on any atom is -0.337 e. The van der Waals surface area contributed by atoms with Crippen LogP contribution in [-0.4, -0.2) is 59.3 Å². The lowest BCUT2D eigenvalue weighted by atomic mass is 10.1. The molecule has 2 aromatic carbocycles. The number of amides is 2. The van der Waals surface area contributed by atoms with Crippen LogP contribution in [-0.2, 0) is 9.59 Å². The van der Waals surface area contributed by atoms with Crippen LogP contribution in [0, 0.1) is 24.0 Å². The van der Waals surface area contributed by atoms with Crippen LogP contribution in [0.15, 0.2) is 48.5 Å². The third kappa shape index (κ3) is 5.99. The predicted octanol–water partition coefficient (Wildman–Crippen LogP) is 3.01. The zero-order chi connectivity index (χ0) is 22.4. The van der Waals surface area contributed by atoms with E-state index in [-0.39, 0.29) is 24.0 Å². The van der Waals surface area contributed by atoms with E-state index in [0.29, 0.717) is 26.2 Å². The van der Waals surface area contributed by atoms with Gasteiger partial charge in [-0.1, -0.05) is 12.1 Å². The second kappa shape index (κ2) is 9.99. The van der Waals surface area contributed by atoms with Gasteiger partial charge in [0, 0.05) is 50.1 Å². The number of piperazine rings is 1. The lowest BCUT2D eigenvalue weighted by Gasteiger charge is -2.33. The summed E-state index contributed by atoms with van der Waals surface area (Å²) in [5, 5.41) is 13.7. The van der Waals surface area contributed by atoms with Crippen molar-refractivity contribution in [1.82, 2.24) is 9.80 Å². The molecule has 0 unspecified atom stereocenters. The number of aryl methyl sites for hydroxylation is 1. The van der Waals surface area contributed by atoms with E-state index in [4.69, 9.17) is 0 Å². The number of nitro benzene ring substituents is 1. The zero-order valence-electron chi connectivity index (χ0n) is 17.7. The molecule has 0 aromatic heterocycles. The molecule has 8 nitrogen and oxygen atoms in total. The molecule has 31 heavy (non-hydrogen) atoms. The summed E-state index contributed by atoms with van der Waals surface area (Å²) in [7, 11) is 0. The van der Waals surface area contributed by atoms with Crippen molar-refractivity contribution in [2.45, 2.75) is 13.8 Å². The van der Waals surface area contributed by atoms with Gasteiger partial charge in [0.1, 0.15) is 0 Å². The molecule has 0 radical (unpaired) electrons. The number of benzene rings is 2. The Hall–Kier alpha value is -3.52. The van der Waals surface area contributed by atoms with Gasteiger partial charge < -0.3 is 10.2 Å². The number of carbonyl (C=O) groups is 2. The largest absolute Gasteiger partial charge is 0.337 e. The van der Waals surface area contributed by atoms with Crippen LogP contribution >= 0.6 is 0 Å². The number of non-ortho nitro benzene ring substituents is 1. The van der Waals surface area contributed by atoms with E-state index < -0.39 is 4.92 Å². The van der Waals surface area contributed by atoms with Crippen LogP contribution < -0.4 is 5.32 Å². The molecule has 0 aliphatic carbocycles. The maximum Gasteiger partial charge on any atom is 0.269 e. The van der Waals surface area contributed by atoms with Crippen molar-refractivity contribution in [3.63, 3.8) is 0 Å². The number of nitro groups is 1. The highest BCUT2D eigenvalue weighted by Crippen LogP contribution is 2.18. The van der Waals surface area contributed by atoms with Gasteiger partial charge >= 0.3 is 0 Å². The fraction of sp³-hybridized carbons (Fsp3) is 0.304. The van der Waals surface area contributed by atoms with Gasteiger partial charge in [0.25, 0.3) is 5.69 Å². The van der Waals surface area contributed by atoms with E-state index >= 15 is 0 Å². The molecule has 1 aliphatic rings. The Morgan fingerprint density at radius 2 is 1.74 bits per heavy atom. The van der Waals surface area contributed by atoms with Crippen molar-refractivity contribution in [3.05, 3.63) is 75.3 Å². The zero-order valence-corrected chi connectivity index (χ0v) is 17.7. The molecule has 162 valence electrons. The SMILES string of the molecule is Cc1cccc(NC(=O)CN2CCN(C(=O)/C=C/c3ccc([N+](=O)[O-])cc3)CC2)c1C. The van der Waals surface area contributed by atoms with Gasteiger partial charge in [0.15, 0.2) is 0 Å². The van der Waals surface area contributed by atoms with Crippen molar-refractivity contribution in [3.8, 4) is 0 Å². The molecule has 1 saturated heterocycles. The summed E-state index contributed by atoms with van der Waals surface area (Å²) in [5.74, 6) is -0.176. The summed E-state index contributed by atoms with van der Waals surface area (Å²) in [6.45, 7) is 6.61. The molecule has 1 N–H and O–H groups in total. The summed E-state index contributed by atoms with van der Waals surface area (Å²) in [5.41, 5.74) is 3.76. The van der Waals surface area contributed by atoms with E-state index in [0.717, 1.165) is 22.4 Å². The van der Waals surface area contributed by atoms with Crippen LogP contribution in [0.3, 0.4) is 0 Å². The minimum atomic E-state index is -0.458. The Morgan fingerprint density at radius 1 is 1.06 bits per heavy atom. The van der Waals surface area contributed by atoms with E-state index in [9.17, 15) is 19.7 Å². The first-order valence-corrected chi connectivity index (χ1v) is 10.1. The highest BCUT2D eigenvalue weighted by molar-refractivity contribution is 5.93. The van der Waals surface area contributed by atoms with Gasteiger partial charge in [0.2, 0.25) is 11.8 Å². The second-order valence-corrected chi connectivity index (χ2v) is 7.58. The van der Waals surface area contributed by atoms with E-state index in [1.54, 1.807) is 23.1 Å². The van der Waals surface area contributed by atoms with E-state index in [1.807, 2.05) is 36.9 Å². The molecule has 0 spiro atoms.